The SMILES string of the molecule is COC1=C(OC)C(=O)C(Sc2ccc(C)cc2)=C(Sc2ccc(C)cc2)C1=O. The van der Waals surface area contributed by atoms with E-state index in [2.05, 4.69) is 0 Å². The van der Waals surface area contributed by atoms with Crippen LogP contribution in [0.15, 0.2) is 79.7 Å². The smallest absolute Gasteiger partial charge is 0.239 e. The minimum Gasteiger partial charge on any atom is -0.489 e. The summed E-state index contributed by atoms with van der Waals surface area (Å²) in [5.74, 6) is -0.816. The molecule has 0 amide bonds. The number of Topliss-reactive ketones (excluding diaryl/α,β-unsaturated/α-hetero) is 2. The van der Waals surface area contributed by atoms with E-state index in [1.165, 1.54) is 37.7 Å². The van der Waals surface area contributed by atoms with Crippen molar-refractivity contribution in [2.24, 2.45) is 0 Å². The third kappa shape index (κ3) is 4.18. The highest BCUT2D eigenvalue weighted by molar-refractivity contribution is 8.08. The number of ether oxygens (including phenoxy) is 2. The van der Waals surface area contributed by atoms with Crippen LogP contribution in [0.4, 0.5) is 0 Å². The Labute approximate surface area is 173 Å². The van der Waals surface area contributed by atoms with Crippen molar-refractivity contribution in [1.29, 1.82) is 0 Å². The van der Waals surface area contributed by atoms with E-state index in [1.807, 2.05) is 62.4 Å². The molecule has 0 unspecified atom stereocenters. The minimum atomic E-state index is -0.348. The number of benzene rings is 2. The Morgan fingerprint density at radius 1 is 0.607 bits per heavy atom. The van der Waals surface area contributed by atoms with Gasteiger partial charge in [0.25, 0.3) is 0 Å². The van der Waals surface area contributed by atoms with E-state index in [0.29, 0.717) is 9.81 Å². The van der Waals surface area contributed by atoms with Gasteiger partial charge in [0.05, 0.1) is 24.0 Å². The van der Waals surface area contributed by atoms with Crippen LogP contribution in [-0.4, -0.2) is 25.8 Å². The van der Waals surface area contributed by atoms with E-state index in [4.69, 9.17) is 9.47 Å². The first-order valence-electron chi connectivity index (χ1n) is 8.59. The molecule has 0 N–H and O–H groups in total. The summed E-state index contributed by atoms with van der Waals surface area (Å²) in [5.41, 5.74) is 2.25. The van der Waals surface area contributed by atoms with Crippen molar-refractivity contribution in [1.82, 2.24) is 0 Å². The van der Waals surface area contributed by atoms with Crippen LogP contribution in [0, 0.1) is 13.8 Å². The van der Waals surface area contributed by atoms with Gasteiger partial charge >= 0.3 is 0 Å². The maximum absolute atomic E-state index is 13.1. The van der Waals surface area contributed by atoms with Crippen LogP contribution in [-0.2, 0) is 19.1 Å². The molecule has 2 aromatic carbocycles. The van der Waals surface area contributed by atoms with E-state index in [-0.39, 0.29) is 23.1 Å². The molecule has 0 aliphatic heterocycles. The zero-order chi connectivity index (χ0) is 20.3. The number of allylic oxidation sites excluding steroid dienone is 2. The Morgan fingerprint density at radius 2 is 0.929 bits per heavy atom. The number of carbonyl (C=O) groups excluding carboxylic acids is 2. The van der Waals surface area contributed by atoms with Crippen molar-refractivity contribution in [2.45, 2.75) is 23.6 Å². The lowest BCUT2D eigenvalue weighted by atomic mass is 10.1. The van der Waals surface area contributed by atoms with Gasteiger partial charge in [0.2, 0.25) is 23.1 Å². The van der Waals surface area contributed by atoms with Crippen LogP contribution in [0.25, 0.3) is 0 Å². The molecule has 144 valence electrons. The summed E-state index contributed by atoms with van der Waals surface area (Å²) in [5, 5.41) is 0. The van der Waals surface area contributed by atoms with Crippen LogP contribution in [0.1, 0.15) is 11.1 Å². The molecule has 0 bridgehead atoms. The summed E-state index contributed by atoms with van der Waals surface area (Å²) in [7, 11) is 2.73. The molecule has 4 nitrogen and oxygen atoms in total. The van der Waals surface area contributed by atoms with Gasteiger partial charge in [-0.25, -0.2) is 0 Å². The predicted octanol–water partition coefficient (Wildman–Crippen LogP) is 5.06. The number of ketones is 2. The summed E-state index contributed by atoms with van der Waals surface area (Å²) >= 11 is 2.53. The summed E-state index contributed by atoms with van der Waals surface area (Å²) in [6.07, 6.45) is 0. The van der Waals surface area contributed by atoms with Gasteiger partial charge in [-0.05, 0) is 38.1 Å². The molecule has 1 aliphatic rings. The quantitative estimate of drug-likeness (QED) is 0.619. The van der Waals surface area contributed by atoms with Gasteiger partial charge in [-0.3, -0.25) is 9.59 Å². The summed E-state index contributed by atoms with van der Waals surface area (Å²) in [6, 6.07) is 15.6. The molecule has 0 spiro atoms. The largest absolute Gasteiger partial charge is 0.489 e. The Bertz CT molecular complexity index is 891. The van der Waals surface area contributed by atoms with Gasteiger partial charge in [-0.15, -0.1) is 0 Å². The molecule has 2 aromatic rings. The highest BCUT2D eigenvalue weighted by Crippen LogP contribution is 2.43. The van der Waals surface area contributed by atoms with Gasteiger partial charge in [0.15, 0.2) is 0 Å². The standard InChI is InChI=1S/C22H20O4S2/c1-13-5-9-15(10-6-13)27-21-17(23)19(25-3)20(26-4)18(24)22(21)28-16-11-7-14(2)8-12-16/h5-12H,1-4H3. The van der Waals surface area contributed by atoms with Crippen molar-refractivity contribution in [3.8, 4) is 0 Å². The molecule has 28 heavy (non-hydrogen) atoms. The van der Waals surface area contributed by atoms with Gasteiger partial charge < -0.3 is 9.47 Å². The highest BCUT2D eigenvalue weighted by Gasteiger charge is 2.38. The van der Waals surface area contributed by atoms with Gasteiger partial charge in [0.1, 0.15) is 0 Å². The number of thioether (sulfide) groups is 2. The third-order valence-electron chi connectivity index (χ3n) is 4.13. The molecule has 3 rings (SSSR count). The summed E-state index contributed by atoms with van der Waals surface area (Å²) < 4.78 is 10.4. The fraction of sp³-hybridized carbons (Fsp3) is 0.182. The lowest BCUT2D eigenvalue weighted by Crippen LogP contribution is -2.23. The third-order valence-corrected chi connectivity index (χ3v) is 6.46. The Hall–Kier alpha value is -2.44. The van der Waals surface area contributed by atoms with Crippen molar-refractivity contribution in [3.63, 3.8) is 0 Å². The first-order chi connectivity index (χ1) is 13.4. The molecule has 6 heteroatoms. The summed E-state index contributed by atoms with van der Waals surface area (Å²) in [4.78, 5) is 28.6. The lowest BCUT2D eigenvalue weighted by Gasteiger charge is -2.21. The second-order valence-corrected chi connectivity index (χ2v) is 8.38. The molecule has 0 saturated heterocycles. The molecule has 0 atom stereocenters. The first kappa shape index (κ1) is 20.3. The van der Waals surface area contributed by atoms with E-state index in [9.17, 15) is 9.59 Å². The second-order valence-electron chi connectivity index (χ2n) is 6.21. The first-order valence-corrected chi connectivity index (χ1v) is 10.2. The van der Waals surface area contributed by atoms with Crippen molar-refractivity contribution < 1.29 is 19.1 Å². The van der Waals surface area contributed by atoms with Crippen molar-refractivity contribution in [3.05, 3.63) is 81.0 Å². The molecule has 0 radical (unpaired) electrons. The molecular formula is C22H20O4S2. The number of hydrogen-bond donors (Lipinski definition) is 0. The van der Waals surface area contributed by atoms with Gasteiger partial charge in [-0.2, -0.15) is 0 Å². The van der Waals surface area contributed by atoms with Crippen LogP contribution < -0.4 is 0 Å². The second kappa shape index (κ2) is 8.71. The molecule has 0 saturated carbocycles. The number of carbonyl (C=O) groups is 2. The van der Waals surface area contributed by atoms with E-state index < -0.39 is 0 Å². The summed E-state index contributed by atoms with van der Waals surface area (Å²) in [6.45, 7) is 4.00. The van der Waals surface area contributed by atoms with E-state index in [1.54, 1.807) is 0 Å². The topological polar surface area (TPSA) is 52.6 Å². The average molecular weight is 413 g/mol. The predicted molar refractivity (Wildman–Crippen MR) is 112 cm³/mol. The van der Waals surface area contributed by atoms with E-state index in [0.717, 1.165) is 20.9 Å². The number of hydrogen-bond acceptors (Lipinski definition) is 6. The van der Waals surface area contributed by atoms with Crippen LogP contribution in [0.3, 0.4) is 0 Å². The van der Waals surface area contributed by atoms with Crippen molar-refractivity contribution in [2.75, 3.05) is 14.2 Å². The van der Waals surface area contributed by atoms with Gasteiger partial charge in [0, 0.05) is 9.79 Å². The zero-order valence-corrected chi connectivity index (χ0v) is 17.7. The Balaban J connectivity index is 2.06. The normalized spacial score (nSPS) is 14.6. The van der Waals surface area contributed by atoms with Crippen LogP contribution in [0.5, 0.6) is 0 Å². The monoisotopic (exact) mass is 412 g/mol. The van der Waals surface area contributed by atoms with Crippen LogP contribution in [0.2, 0.25) is 0 Å². The average Bonchev–Trinajstić information content (AvgIpc) is 2.70. The number of rotatable bonds is 6. The van der Waals surface area contributed by atoms with Crippen LogP contribution >= 0.6 is 23.5 Å². The molecule has 0 fully saturated rings. The van der Waals surface area contributed by atoms with Gasteiger partial charge in [-0.1, -0.05) is 58.9 Å². The number of methoxy groups -OCH3 is 2. The van der Waals surface area contributed by atoms with E-state index >= 15 is 0 Å². The Kier molecular flexibility index (Phi) is 6.31. The molecular weight excluding hydrogens is 392 g/mol. The molecule has 0 aromatic heterocycles. The Morgan fingerprint density at radius 3 is 1.21 bits per heavy atom. The maximum atomic E-state index is 13.1. The molecule has 1 aliphatic carbocycles. The van der Waals surface area contributed by atoms with Crippen molar-refractivity contribution >= 4 is 35.1 Å². The maximum Gasteiger partial charge on any atom is 0.239 e. The molecule has 0 heterocycles. The fourth-order valence-electron chi connectivity index (χ4n) is 2.62. The lowest BCUT2D eigenvalue weighted by molar-refractivity contribution is -0.120. The minimum absolute atomic E-state index is 0.0598. The fourth-order valence-corrected chi connectivity index (χ4v) is 4.63. The highest BCUT2D eigenvalue weighted by atomic mass is 32.2. The zero-order valence-electron chi connectivity index (χ0n) is 16.1. The number of aryl methyl sites for hydroxylation is 2.